The molecule has 0 unspecified atom stereocenters. The Morgan fingerprint density at radius 1 is 1.38 bits per heavy atom. The first-order valence-electron chi connectivity index (χ1n) is 4.87. The summed E-state index contributed by atoms with van der Waals surface area (Å²) in [6.07, 6.45) is 1.76. The molecule has 1 heterocycles. The number of benzene rings is 1. The average molecular weight is 249 g/mol. The highest BCUT2D eigenvalue weighted by molar-refractivity contribution is 7.09. The van der Waals surface area contributed by atoms with Gasteiger partial charge >= 0.3 is 0 Å². The van der Waals surface area contributed by atoms with Crippen molar-refractivity contribution in [1.82, 2.24) is 4.98 Å². The van der Waals surface area contributed by atoms with E-state index in [4.69, 9.17) is 16.9 Å². The molecule has 2 rings (SSSR count). The minimum atomic E-state index is 0.506. The minimum Gasteiger partial charge on any atom is -0.231 e. The molecule has 0 amide bonds. The van der Waals surface area contributed by atoms with Crippen LogP contribution in [0, 0.1) is 11.3 Å². The Labute approximate surface area is 103 Å². The van der Waals surface area contributed by atoms with Crippen LogP contribution >= 0.6 is 22.9 Å². The van der Waals surface area contributed by atoms with Gasteiger partial charge in [-0.3, -0.25) is 0 Å². The van der Waals surface area contributed by atoms with Crippen molar-refractivity contribution in [1.29, 1.82) is 5.26 Å². The topological polar surface area (TPSA) is 36.7 Å². The number of aryl methyl sites for hydroxylation is 2. The van der Waals surface area contributed by atoms with Crippen LogP contribution in [0.2, 0.25) is 5.02 Å². The smallest absolute Gasteiger partial charge is 0.151 e. The third kappa shape index (κ3) is 2.82. The maximum absolute atomic E-state index is 8.65. The molecule has 0 bridgehead atoms. The summed E-state index contributed by atoms with van der Waals surface area (Å²) in [7, 11) is 0. The second kappa shape index (κ2) is 5.11. The van der Waals surface area contributed by atoms with Gasteiger partial charge in [0, 0.05) is 16.8 Å². The number of nitriles is 1. The van der Waals surface area contributed by atoms with Gasteiger partial charge in [-0.25, -0.2) is 4.98 Å². The van der Waals surface area contributed by atoms with E-state index in [-0.39, 0.29) is 0 Å². The van der Waals surface area contributed by atoms with Gasteiger partial charge in [0.2, 0.25) is 0 Å². The number of thiazole rings is 1. The van der Waals surface area contributed by atoms with Crippen molar-refractivity contribution in [3.05, 3.63) is 50.9 Å². The second-order valence-electron chi connectivity index (χ2n) is 3.37. The summed E-state index contributed by atoms with van der Waals surface area (Å²) in [4.78, 5) is 4.19. The van der Waals surface area contributed by atoms with Gasteiger partial charge in [-0.2, -0.15) is 5.26 Å². The Bertz CT molecular complexity index is 528. The maximum atomic E-state index is 8.65. The third-order valence-corrected chi connectivity index (χ3v) is 3.33. The van der Waals surface area contributed by atoms with E-state index in [1.807, 2.05) is 30.3 Å². The third-order valence-electron chi connectivity index (χ3n) is 2.18. The van der Waals surface area contributed by atoms with Crippen LogP contribution in [-0.4, -0.2) is 4.98 Å². The van der Waals surface area contributed by atoms with Crippen molar-refractivity contribution in [3.63, 3.8) is 0 Å². The van der Waals surface area contributed by atoms with Crippen molar-refractivity contribution >= 4 is 22.9 Å². The predicted molar refractivity (Wildman–Crippen MR) is 65.7 cm³/mol. The van der Waals surface area contributed by atoms with Crippen LogP contribution in [0.5, 0.6) is 0 Å². The molecule has 0 atom stereocenters. The summed E-state index contributed by atoms with van der Waals surface area (Å²) in [5, 5.41) is 12.2. The zero-order chi connectivity index (χ0) is 11.4. The van der Waals surface area contributed by atoms with E-state index < -0.39 is 0 Å². The van der Waals surface area contributed by atoms with Gasteiger partial charge < -0.3 is 0 Å². The lowest BCUT2D eigenvalue weighted by Crippen LogP contribution is -1.90. The molecule has 80 valence electrons. The molecule has 0 saturated carbocycles. The first-order chi connectivity index (χ1) is 7.78. The molecular weight excluding hydrogens is 240 g/mol. The molecule has 0 N–H and O–H groups in total. The van der Waals surface area contributed by atoms with Crippen LogP contribution < -0.4 is 0 Å². The molecule has 2 nitrogen and oxygen atoms in total. The minimum absolute atomic E-state index is 0.506. The highest BCUT2D eigenvalue weighted by Crippen LogP contribution is 2.15. The fourth-order valence-electron chi connectivity index (χ4n) is 1.42. The van der Waals surface area contributed by atoms with Crippen molar-refractivity contribution in [2.45, 2.75) is 12.8 Å². The van der Waals surface area contributed by atoms with E-state index in [1.54, 1.807) is 5.38 Å². The molecule has 0 spiro atoms. The molecule has 2 aromatic rings. The molecule has 0 fully saturated rings. The number of nitrogens with zero attached hydrogens (tertiary/aromatic N) is 2. The van der Waals surface area contributed by atoms with E-state index >= 15 is 0 Å². The summed E-state index contributed by atoms with van der Waals surface area (Å²) in [5.41, 5.74) is 1.70. The molecule has 0 saturated heterocycles. The van der Waals surface area contributed by atoms with Gasteiger partial charge in [-0.1, -0.05) is 23.7 Å². The Kier molecular flexibility index (Phi) is 3.55. The van der Waals surface area contributed by atoms with E-state index in [0.29, 0.717) is 5.69 Å². The van der Waals surface area contributed by atoms with Gasteiger partial charge in [-0.15, -0.1) is 11.3 Å². The van der Waals surface area contributed by atoms with E-state index in [2.05, 4.69) is 4.98 Å². The van der Waals surface area contributed by atoms with Crippen LogP contribution in [0.3, 0.4) is 0 Å². The lowest BCUT2D eigenvalue weighted by atomic mass is 10.1. The van der Waals surface area contributed by atoms with Crippen LogP contribution in [-0.2, 0) is 12.8 Å². The number of halogens is 1. The Morgan fingerprint density at radius 2 is 2.25 bits per heavy atom. The van der Waals surface area contributed by atoms with Gasteiger partial charge in [0.05, 0.1) is 5.01 Å². The lowest BCUT2D eigenvalue weighted by Gasteiger charge is -1.99. The number of hydrogen-bond acceptors (Lipinski definition) is 3. The van der Waals surface area contributed by atoms with E-state index in [1.165, 1.54) is 16.9 Å². The number of rotatable bonds is 3. The molecule has 0 aliphatic heterocycles. The summed E-state index contributed by atoms with van der Waals surface area (Å²) in [6, 6.07) is 9.85. The molecule has 1 aromatic carbocycles. The zero-order valence-electron chi connectivity index (χ0n) is 8.48. The zero-order valence-corrected chi connectivity index (χ0v) is 10.1. The summed E-state index contributed by atoms with van der Waals surface area (Å²) in [6.45, 7) is 0. The SMILES string of the molecule is N#Cc1csc(CCc2cccc(Cl)c2)n1. The predicted octanol–water partition coefficient (Wildman–Crippen LogP) is 3.45. The van der Waals surface area contributed by atoms with Crippen LogP contribution in [0.15, 0.2) is 29.6 Å². The number of aromatic nitrogens is 1. The van der Waals surface area contributed by atoms with E-state index in [9.17, 15) is 0 Å². The van der Waals surface area contributed by atoms with Gasteiger partial charge in [0.25, 0.3) is 0 Å². The molecule has 0 aliphatic carbocycles. The first kappa shape index (κ1) is 11.1. The van der Waals surface area contributed by atoms with Gasteiger partial charge in [0.1, 0.15) is 6.07 Å². The highest BCUT2D eigenvalue weighted by Gasteiger charge is 2.02. The molecular formula is C12H9ClN2S. The highest BCUT2D eigenvalue weighted by atomic mass is 35.5. The molecule has 1 aromatic heterocycles. The molecule has 4 heteroatoms. The van der Waals surface area contributed by atoms with Crippen LogP contribution in [0.4, 0.5) is 0 Å². The normalized spacial score (nSPS) is 10.0. The largest absolute Gasteiger partial charge is 0.231 e. The molecule has 16 heavy (non-hydrogen) atoms. The van der Waals surface area contributed by atoms with Gasteiger partial charge in [0.15, 0.2) is 5.69 Å². The second-order valence-corrected chi connectivity index (χ2v) is 4.75. The Balaban J connectivity index is 2.00. The summed E-state index contributed by atoms with van der Waals surface area (Å²) in [5.74, 6) is 0. The summed E-state index contributed by atoms with van der Waals surface area (Å²) >= 11 is 7.43. The maximum Gasteiger partial charge on any atom is 0.151 e. The average Bonchev–Trinajstić information content (AvgIpc) is 2.74. The molecule has 0 aliphatic rings. The van der Waals surface area contributed by atoms with Crippen LogP contribution in [0.1, 0.15) is 16.3 Å². The van der Waals surface area contributed by atoms with Crippen LogP contribution in [0.25, 0.3) is 0 Å². The Morgan fingerprint density at radius 3 is 2.94 bits per heavy atom. The first-order valence-corrected chi connectivity index (χ1v) is 6.12. The Hall–Kier alpha value is -1.37. The fraction of sp³-hybridized carbons (Fsp3) is 0.167. The summed E-state index contributed by atoms with van der Waals surface area (Å²) < 4.78 is 0. The van der Waals surface area contributed by atoms with E-state index in [0.717, 1.165) is 22.9 Å². The van der Waals surface area contributed by atoms with Crippen molar-refractivity contribution < 1.29 is 0 Å². The standard InChI is InChI=1S/C12H9ClN2S/c13-10-3-1-2-9(6-10)4-5-12-15-11(7-14)8-16-12/h1-3,6,8H,4-5H2. The van der Waals surface area contributed by atoms with Crippen molar-refractivity contribution in [2.24, 2.45) is 0 Å². The fourth-order valence-corrected chi connectivity index (χ4v) is 2.36. The quantitative estimate of drug-likeness (QED) is 0.834. The van der Waals surface area contributed by atoms with Crippen molar-refractivity contribution in [2.75, 3.05) is 0 Å². The number of hydrogen-bond donors (Lipinski definition) is 0. The van der Waals surface area contributed by atoms with Crippen molar-refractivity contribution in [3.8, 4) is 6.07 Å². The lowest BCUT2D eigenvalue weighted by molar-refractivity contribution is 0.941. The monoisotopic (exact) mass is 248 g/mol. The van der Waals surface area contributed by atoms with Gasteiger partial charge in [-0.05, 0) is 24.1 Å². The molecule has 0 radical (unpaired) electrons.